The van der Waals surface area contributed by atoms with Crippen molar-refractivity contribution >= 4 is 23.2 Å². The largest absolute Gasteiger partial charge is 0.493 e. The summed E-state index contributed by atoms with van der Waals surface area (Å²) in [7, 11) is 1.26. The molecule has 0 aliphatic heterocycles. The maximum absolute atomic E-state index is 12.6. The van der Waals surface area contributed by atoms with Gasteiger partial charge in [0, 0.05) is 12.1 Å². The number of aromatic nitrogens is 1. The second kappa shape index (κ2) is 4.75. The monoisotopic (exact) mass is 241 g/mol. The summed E-state index contributed by atoms with van der Waals surface area (Å²) in [6.07, 6.45) is -1.46. The Labute approximate surface area is 89.8 Å². The third kappa shape index (κ3) is 2.07. The van der Waals surface area contributed by atoms with Crippen molar-refractivity contribution in [2.24, 2.45) is 0 Å². The van der Waals surface area contributed by atoms with Crippen molar-refractivity contribution in [3.8, 4) is 5.75 Å². The van der Waals surface area contributed by atoms with Crippen LogP contribution >= 0.6 is 23.2 Å². The van der Waals surface area contributed by atoms with E-state index >= 15 is 0 Å². The Hall–Kier alpha value is -0.610. The van der Waals surface area contributed by atoms with Crippen LogP contribution in [0.15, 0.2) is 6.20 Å². The van der Waals surface area contributed by atoms with Gasteiger partial charge in [0.25, 0.3) is 6.43 Å². The molecular weight excluding hydrogens is 235 g/mol. The topological polar surface area (TPSA) is 22.1 Å². The molecule has 1 aromatic heterocycles. The highest BCUT2D eigenvalue weighted by molar-refractivity contribution is 6.31. The van der Waals surface area contributed by atoms with E-state index in [0.29, 0.717) is 0 Å². The van der Waals surface area contributed by atoms with Crippen LogP contribution in [-0.4, -0.2) is 12.1 Å². The fourth-order valence-electron chi connectivity index (χ4n) is 1.06. The van der Waals surface area contributed by atoms with Crippen LogP contribution in [0.1, 0.15) is 17.6 Å². The van der Waals surface area contributed by atoms with Crippen LogP contribution in [0.3, 0.4) is 0 Å². The number of pyridine rings is 1. The molecule has 0 aromatic carbocycles. The minimum Gasteiger partial charge on any atom is -0.493 e. The molecule has 1 rings (SSSR count). The average molecular weight is 242 g/mol. The predicted octanol–water partition coefficient (Wildman–Crippen LogP) is 3.42. The molecule has 1 heterocycles. The standard InChI is InChI=1S/C8H7Cl2F2NO/c1-14-6-5(8(11)12)4(2-9)3-13-7(6)10/h3,8H,2H2,1H3. The van der Waals surface area contributed by atoms with Gasteiger partial charge in [0.15, 0.2) is 10.9 Å². The van der Waals surface area contributed by atoms with Crippen LogP contribution < -0.4 is 4.74 Å². The molecule has 2 nitrogen and oxygen atoms in total. The summed E-state index contributed by atoms with van der Waals surface area (Å²) in [6.45, 7) is 0. The van der Waals surface area contributed by atoms with Gasteiger partial charge in [-0.25, -0.2) is 13.8 Å². The summed E-state index contributed by atoms with van der Waals surface area (Å²) in [6, 6.07) is 0. The first-order valence-electron chi connectivity index (χ1n) is 3.67. The van der Waals surface area contributed by atoms with Crippen molar-refractivity contribution in [1.29, 1.82) is 0 Å². The quantitative estimate of drug-likeness (QED) is 0.598. The SMILES string of the molecule is COc1c(Cl)ncc(CCl)c1C(F)F. The van der Waals surface area contributed by atoms with Crippen LogP contribution in [-0.2, 0) is 5.88 Å². The van der Waals surface area contributed by atoms with Crippen molar-refractivity contribution in [1.82, 2.24) is 4.98 Å². The molecule has 0 radical (unpaired) electrons. The number of hydrogen-bond donors (Lipinski definition) is 0. The summed E-state index contributed by atoms with van der Waals surface area (Å²) >= 11 is 11.1. The van der Waals surface area contributed by atoms with E-state index in [1.165, 1.54) is 13.3 Å². The van der Waals surface area contributed by atoms with E-state index in [9.17, 15) is 8.78 Å². The molecule has 78 valence electrons. The Balaban J connectivity index is 3.36. The van der Waals surface area contributed by atoms with Gasteiger partial charge in [-0.3, -0.25) is 0 Å². The van der Waals surface area contributed by atoms with Crippen molar-refractivity contribution in [3.05, 3.63) is 22.5 Å². The van der Waals surface area contributed by atoms with Gasteiger partial charge in [0.05, 0.1) is 12.7 Å². The smallest absolute Gasteiger partial charge is 0.267 e. The van der Waals surface area contributed by atoms with Crippen LogP contribution in [0.2, 0.25) is 5.15 Å². The molecule has 6 heteroatoms. The van der Waals surface area contributed by atoms with Gasteiger partial charge in [-0.15, -0.1) is 11.6 Å². The Bertz CT molecular complexity index is 333. The van der Waals surface area contributed by atoms with Crippen LogP contribution in [0.5, 0.6) is 5.75 Å². The average Bonchev–Trinajstić information content (AvgIpc) is 2.17. The van der Waals surface area contributed by atoms with E-state index in [0.717, 1.165) is 0 Å². The lowest BCUT2D eigenvalue weighted by molar-refractivity contribution is 0.146. The van der Waals surface area contributed by atoms with Gasteiger partial charge in [0.2, 0.25) is 0 Å². The predicted molar refractivity (Wildman–Crippen MR) is 50.3 cm³/mol. The molecule has 0 bridgehead atoms. The zero-order valence-corrected chi connectivity index (χ0v) is 8.74. The van der Waals surface area contributed by atoms with Crippen LogP contribution in [0, 0.1) is 0 Å². The van der Waals surface area contributed by atoms with E-state index in [1.807, 2.05) is 0 Å². The van der Waals surface area contributed by atoms with Gasteiger partial charge in [-0.1, -0.05) is 11.6 Å². The van der Waals surface area contributed by atoms with E-state index in [2.05, 4.69) is 4.98 Å². The number of nitrogens with zero attached hydrogens (tertiary/aromatic N) is 1. The zero-order valence-electron chi connectivity index (χ0n) is 7.23. The summed E-state index contributed by atoms with van der Waals surface area (Å²) in [5, 5.41) is -0.0864. The molecule has 0 unspecified atom stereocenters. The number of alkyl halides is 3. The van der Waals surface area contributed by atoms with Gasteiger partial charge >= 0.3 is 0 Å². The van der Waals surface area contributed by atoms with Gasteiger partial charge in [-0.05, 0) is 5.56 Å². The van der Waals surface area contributed by atoms with Crippen molar-refractivity contribution in [2.45, 2.75) is 12.3 Å². The summed E-state index contributed by atoms with van der Waals surface area (Å²) < 4.78 is 30.0. The molecule has 0 saturated carbocycles. The number of hydrogen-bond acceptors (Lipinski definition) is 2. The normalized spacial score (nSPS) is 10.7. The highest BCUT2D eigenvalue weighted by Gasteiger charge is 2.21. The first-order valence-corrected chi connectivity index (χ1v) is 4.58. The first kappa shape index (κ1) is 11.5. The molecule has 0 aliphatic carbocycles. The molecule has 0 saturated heterocycles. The highest BCUT2D eigenvalue weighted by atomic mass is 35.5. The van der Waals surface area contributed by atoms with Crippen molar-refractivity contribution in [3.63, 3.8) is 0 Å². The molecular formula is C8H7Cl2F2NO. The second-order valence-electron chi connectivity index (χ2n) is 2.46. The molecule has 14 heavy (non-hydrogen) atoms. The van der Waals surface area contributed by atoms with Crippen LogP contribution in [0.4, 0.5) is 8.78 Å². The molecule has 0 atom stereocenters. The zero-order chi connectivity index (χ0) is 10.7. The Morgan fingerprint density at radius 3 is 2.64 bits per heavy atom. The van der Waals surface area contributed by atoms with E-state index in [1.54, 1.807) is 0 Å². The lowest BCUT2D eigenvalue weighted by Gasteiger charge is -2.11. The van der Waals surface area contributed by atoms with Crippen molar-refractivity contribution < 1.29 is 13.5 Å². The molecule has 0 spiro atoms. The van der Waals surface area contributed by atoms with Gasteiger partial charge in [0.1, 0.15) is 0 Å². The van der Waals surface area contributed by atoms with E-state index in [-0.39, 0.29) is 27.9 Å². The lowest BCUT2D eigenvalue weighted by atomic mass is 10.1. The lowest BCUT2D eigenvalue weighted by Crippen LogP contribution is -2.00. The minimum atomic E-state index is -2.68. The van der Waals surface area contributed by atoms with E-state index in [4.69, 9.17) is 27.9 Å². The fourth-order valence-corrected chi connectivity index (χ4v) is 1.50. The highest BCUT2D eigenvalue weighted by Crippen LogP contribution is 2.36. The first-order chi connectivity index (χ1) is 6.61. The Morgan fingerprint density at radius 1 is 1.57 bits per heavy atom. The second-order valence-corrected chi connectivity index (χ2v) is 3.08. The number of rotatable bonds is 3. The molecule has 0 N–H and O–H groups in total. The summed E-state index contributed by atoms with van der Waals surface area (Å²) in [5.74, 6) is -0.167. The maximum Gasteiger partial charge on any atom is 0.267 e. The Morgan fingerprint density at radius 2 is 2.21 bits per heavy atom. The maximum atomic E-state index is 12.6. The third-order valence-electron chi connectivity index (χ3n) is 1.68. The molecule has 0 fully saturated rings. The number of ether oxygens (including phenoxy) is 1. The van der Waals surface area contributed by atoms with Crippen LogP contribution in [0.25, 0.3) is 0 Å². The number of halogens is 4. The third-order valence-corrected chi connectivity index (χ3v) is 2.24. The van der Waals surface area contributed by atoms with Gasteiger partial charge in [-0.2, -0.15) is 0 Å². The Kier molecular flexibility index (Phi) is 3.89. The number of methoxy groups -OCH3 is 1. The molecule has 1 aromatic rings. The molecule has 0 amide bonds. The fraction of sp³-hybridized carbons (Fsp3) is 0.375. The van der Waals surface area contributed by atoms with E-state index < -0.39 is 6.43 Å². The van der Waals surface area contributed by atoms with Gasteiger partial charge < -0.3 is 4.74 Å². The summed E-state index contributed by atoms with van der Waals surface area (Å²) in [4.78, 5) is 3.69. The summed E-state index contributed by atoms with van der Waals surface area (Å²) in [5.41, 5.74) is -0.0644. The van der Waals surface area contributed by atoms with Crippen molar-refractivity contribution in [2.75, 3.05) is 7.11 Å². The molecule has 0 aliphatic rings. The minimum absolute atomic E-state index is 0.0554.